The third kappa shape index (κ3) is 2.23. The minimum Gasteiger partial charge on any atom is -0.327 e. The van der Waals surface area contributed by atoms with E-state index in [0.717, 1.165) is 0 Å². The van der Waals surface area contributed by atoms with E-state index in [-0.39, 0.29) is 0 Å². The van der Waals surface area contributed by atoms with Crippen molar-refractivity contribution in [1.29, 1.82) is 0 Å². The Balaban J connectivity index is 4.07. The van der Waals surface area contributed by atoms with Crippen molar-refractivity contribution in [1.82, 2.24) is 0 Å². The quantitative estimate of drug-likeness (QED) is 0.226. The van der Waals surface area contributed by atoms with Crippen LogP contribution in [0.2, 0.25) is 0 Å². The number of alkyl halides is 1. The monoisotopic (exact) mass is 214 g/mol. The summed E-state index contributed by atoms with van der Waals surface area (Å²) < 4.78 is 0. The minimum atomic E-state index is -2.20. The Bertz CT molecular complexity index is 142. The third-order valence-corrected chi connectivity index (χ3v) is 1.47. The first-order chi connectivity index (χ1) is 4.46. The molecule has 2 unspecified atom stereocenters. The predicted molar refractivity (Wildman–Crippen MR) is 32.7 cm³/mol. The fourth-order valence-electron chi connectivity index (χ4n) is 0.209. The van der Waals surface area contributed by atoms with E-state index in [0.29, 0.717) is 0 Å². The van der Waals surface area contributed by atoms with Gasteiger partial charge in [-0.1, -0.05) is 0 Å². The molecule has 0 rings (SSSR count). The molecule has 0 spiro atoms. The summed E-state index contributed by atoms with van der Waals surface area (Å²) in [4.78, 5) is 15.5. The highest BCUT2D eigenvalue weighted by atomic mass is 79.9. The maximum Gasteiger partial charge on any atom is 0.390 e. The van der Waals surface area contributed by atoms with Gasteiger partial charge in [-0.2, -0.15) is 0 Å². The summed E-state index contributed by atoms with van der Waals surface area (Å²) >= 11 is 2.32. The fourth-order valence-corrected chi connectivity index (χ4v) is 0.402. The molecule has 7 nitrogen and oxygen atoms in total. The van der Waals surface area contributed by atoms with Crippen LogP contribution in [0.3, 0.4) is 0 Å². The first-order valence-corrected chi connectivity index (χ1v) is 2.97. The molecule has 0 aliphatic heterocycles. The van der Waals surface area contributed by atoms with Gasteiger partial charge in [0.1, 0.15) is 0 Å². The molecule has 58 valence electrons. The Morgan fingerprint density at radius 2 is 1.70 bits per heavy atom. The zero-order valence-corrected chi connectivity index (χ0v) is 6.09. The van der Waals surface area contributed by atoms with Crippen LogP contribution in [0.25, 0.3) is 0 Å². The van der Waals surface area contributed by atoms with E-state index < -0.39 is 21.0 Å². The highest BCUT2D eigenvalue weighted by molar-refractivity contribution is 9.09. The standard InChI is InChI=1S/C2H3BrN2O5/c3-1(4(7)8)2(6)5(9)10/h1-2,6H. The van der Waals surface area contributed by atoms with Crippen LogP contribution in [0, 0.1) is 20.2 Å². The average Bonchev–Trinajstić information content (AvgIpc) is 1.84. The SMILES string of the molecule is O=[N+]([O-])C(O)C(Br)[N+](=O)[O-]. The van der Waals surface area contributed by atoms with Gasteiger partial charge in [0, 0.05) is 20.9 Å². The number of aliphatic hydroxyl groups is 1. The lowest BCUT2D eigenvalue weighted by Gasteiger charge is -2.01. The topological polar surface area (TPSA) is 107 Å². The first-order valence-electron chi connectivity index (χ1n) is 2.06. The molecule has 1 N–H and O–H groups in total. The van der Waals surface area contributed by atoms with Crippen LogP contribution >= 0.6 is 15.9 Å². The maximum atomic E-state index is 9.74. The van der Waals surface area contributed by atoms with Gasteiger partial charge in [-0.25, -0.2) is 0 Å². The molecule has 0 aliphatic rings. The molecule has 0 amide bonds. The third-order valence-electron chi connectivity index (χ3n) is 0.663. The Labute approximate surface area is 63.1 Å². The zero-order valence-electron chi connectivity index (χ0n) is 4.51. The van der Waals surface area contributed by atoms with Crippen LogP contribution in [0.15, 0.2) is 0 Å². The van der Waals surface area contributed by atoms with Gasteiger partial charge in [0.2, 0.25) is 0 Å². The summed E-state index contributed by atoms with van der Waals surface area (Å²) in [6.45, 7) is 0. The molecule has 0 saturated heterocycles. The van der Waals surface area contributed by atoms with Gasteiger partial charge in [0.05, 0.1) is 4.92 Å². The Morgan fingerprint density at radius 1 is 1.30 bits per heavy atom. The molecular formula is C2H3BrN2O5. The van der Waals surface area contributed by atoms with Gasteiger partial charge in [0.25, 0.3) is 0 Å². The Hall–Kier alpha value is -0.760. The molecule has 0 fully saturated rings. The second-order valence-electron chi connectivity index (χ2n) is 1.36. The summed E-state index contributed by atoms with van der Waals surface area (Å²) in [6, 6.07) is 0. The van der Waals surface area contributed by atoms with Crippen molar-refractivity contribution < 1.29 is 15.0 Å². The fraction of sp³-hybridized carbons (Fsp3) is 1.00. The van der Waals surface area contributed by atoms with Crippen molar-refractivity contribution in [2.75, 3.05) is 0 Å². The molecule has 0 radical (unpaired) electrons. The molecule has 0 aliphatic carbocycles. The van der Waals surface area contributed by atoms with Gasteiger partial charge in [-0.15, -0.1) is 0 Å². The van der Waals surface area contributed by atoms with E-state index in [1.54, 1.807) is 0 Å². The largest absolute Gasteiger partial charge is 0.390 e. The molecule has 0 heterocycles. The smallest absolute Gasteiger partial charge is 0.327 e. The summed E-state index contributed by atoms with van der Waals surface area (Å²) in [5.74, 6) is 0. The lowest BCUT2D eigenvalue weighted by Crippen LogP contribution is -2.34. The highest BCUT2D eigenvalue weighted by Crippen LogP contribution is 2.06. The summed E-state index contributed by atoms with van der Waals surface area (Å²) in [7, 11) is 0. The Morgan fingerprint density at radius 3 is 1.80 bits per heavy atom. The minimum absolute atomic E-state index is 0.993. The summed E-state index contributed by atoms with van der Waals surface area (Å²) in [6.07, 6.45) is -2.20. The lowest BCUT2D eigenvalue weighted by molar-refractivity contribution is -0.633. The molecule has 0 aromatic carbocycles. The molecular weight excluding hydrogens is 212 g/mol. The van der Waals surface area contributed by atoms with E-state index in [1.165, 1.54) is 0 Å². The molecule has 0 bridgehead atoms. The molecule has 8 heteroatoms. The highest BCUT2D eigenvalue weighted by Gasteiger charge is 2.36. The number of nitro groups is 2. The summed E-state index contributed by atoms with van der Waals surface area (Å²) in [5.41, 5.74) is 0. The molecule has 0 saturated carbocycles. The molecule has 0 aromatic rings. The van der Waals surface area contributed by atoms with Crippen molar-refractivity contribution in [3.05, 3.63) is 20.2 Å². The molecule has 10 heavy (non-hydrogen) atoms. The first kappa shape index (κ1) is 9.24. The second-order valence-corrected chi connectivity index (χ2v) is 2.30. The maximum absolute atomic E-state index is 9.74. The summed E-state index contributed by atoms with van der Waals surface area (Å²) in [5, 5.41) is 27.8. The van der Waals surface area contributed by atoms with Crippen LogP contribution < -0.4 is 0 Å². The van der Waals surface area contributed by atoms with Gasteiger partial charge in [0.15, 0.2) is 0 Å². The van der Waals surface area contributed by atoms with Crippen LogP contribution in [0.1, 0.15) is 0 Å². The van der Waals surface area contributed by atoms with Crippen molar-refractivity contribution in [3.8, 4) is 0 Å². The average molecular weight is 215 g/mol. The van der Waals surface area contributed by atoms with Crippen molar-refractivity contribution in [2.24, 2.45) is 0 Å². The van der Waals surface area contributed by atoms with Crippen molar-refractivity contribution >= 4 is 15.9 Å². The van der Waals surface area contributed by atoms with Gasteiger partial charge >= 0.3 is 11.2 Å². The van der Waals surface area contributed by atoms with E-state index in [9.17, 15) is 20.2 Å². The number of hydrogen-bond acceptors (Lipinski definition) is 5. The van der Waals surface area contributed by atoms with Gasteiger partial charge in [-0.3, -0.25) is 20.2 Å². The van der Waals surface area contributed by atoms with Crippen molar-refractivity contribution in [2.45, 2.75) is 11.2 Å². The number of rotatable bonds is 3. The molecule has 0 aromatic heterocycles. The van der Waals surface area contributed by atoms with Crippen LogP contribution in [0.4, 0.5) is 0 Å². The lowest BCUT2D eigenvalue weighted by atomic mass is 10.6. The normalized spacial score (nSPS) is 15.8. The Kier molecular flexibility index (Phi) is 3.16. The van der Waals surface area contributed by atoms with Gasteiger partial charge in [-0.05, 0) is 0 Å². The van der Waals surface area contributed by atoms with E-state index in [2.05, 4.69) is 15.9 Å². The van der Waals surface area contributed by atoms with Crippen LogP contribution in [-0.2, 0) is 0 Å². The van der Waals surface area contributed by atoms with Crippen LogP contribution in [0.5, 0.6) is 0 Å². The van der Waals surface area contributed by atoms with Crippen LogP contribution in [-0.4, -0.2) is 26.1 Å². The van der Waals surface area contributed by atoms with Gasteiger partial charge < -0.3 is 5.11 Å². The van der Waals surface area contributed by atoms with Crippen molar-refractivity contribution in [3.63, 3.8) is 0 Å². The number of nitrogens with zero attached hydrogens (tertiary/aromatic N) is 2. The number of halogens is 1. The van der Waals surface area contributed by atoms with E-state index >= 15 is 0 Å². The predicted octanol–water partition coefficient (Wildman–Crippen LogP) is -0.421. The molecule has 2 atom stereocenters. The van der Waals surface area contributed by atoms with E-state index in [4.69, 9.17) is 5.11 Å². The number of hydrogen-bond donors (Lipinski definition) is 1. The zero-order chi connectivity index (χ0) is 8.31. The second kappa shape index (κ2) is 3.42. The van der Waals surface area contributed by atoms with E-state index in [1.807, 2.05) is 0 Å². The number of aliphatic hydroxyl groups excluding tert-OH is 1.